The van der Waals surface area contributed by atoms with E-state index in [1.165, 1.54) is 0 Å². The first kappa shape index (κ1) is 14.0. The molecule has 2 fully saturated rings. The smallest absolute Gasteiger partial charge is 0.381 e. The third-order valence-corrected chi connectivity index (χ3v) is 4.00. The number of rotatable bonds is 3. The summed E-state index contributed by atoms with van der Waals surface area (Å²) in [5, 5.41) is 10.7. The Morgan fingerprint density at radius 1 is 1.53 bits per heavy atom. The first-order valence-electron chi connectivity index (χ1n) is 6.51. The van der Waals surface area contributed by atoms with Crippen molar-refractivity contribution in [2.24, 2.45) is 11.8 Å². The molecule has 0 aromatic heterocycles. The molecular weight excluding hydrogens is 253 g/mol. The Kier molecular flexibility index (Phi) is 3.93. The second-order valence-electron chi connectivity index (χ2n) is 5.53. The number of halogens is 1. The molecular formula is C12H20FN3O3. The van der Waals surface area contributed by atoms with Crippen LogP contribution < -0.4 is 0 Å². The van der Waals surface area contributed by atoms with E-state index in [0.29, 0.717) is 38.1 Å². The Bertz CT molecular complexity index is 402. The van der Waals surface area contributed by atoms with Gasteiger partial charge in [0.1, 0.15) is 0 Å². The third kappa shape index (κ3) is 2.65. The van der Waals surface area contributed by atoms with Crippen LogP contribution in [0.15, 0.2) is 11.8 Å². The van der Waals surface area contributed by atoms with Crippen LogP contribution in [0.1, 0.15) is 13.8 Å². The van der Waals surface area contributed by atoms with Crippen LogP contribution in [0.5, 0.6) is 0 Å². The van der Waals surface area contributed by atoms with Gasteiger partial charge in [-0.15, -0.1) is 4.39 Å². The number of hydrogen-bond acceptors (Lipinski definition) is 5. The minimum absolute atomic E-state index is 0.0681. The summed E-state index contributed by atoms with van der Waals surface area (Å²) in [6.07, 6.45) is 0. The summed E-state index contributed by atoms with van der Waals surface area (Å²) < 4.78 is 19.1. The van der Waals surface area contributed by atoms with Gasteiger partial charge in [-0.05, 0) is 12.8 Å². The van der Waals surface area contributed by atoms with Gasteiger partial charge >= 0.3 is 5.95 Å². The molecule has 108 valence electrons. The molecule has 6 nitrogen and oxygen atoms in total. The molecule has 0 aromatic rings. The molecule has 2 heterocycles. The molecule has 0 saturated carbocycles. The van der Waals surface area contributed by atoms with Gasteiger partial charge in [0.05, 0.1) is 11.5 Å². The summed E-state index contributed by atoms with van der Waals surface area (Å²) >= 11 is 0. The molecule has 2 aliphatic heterocycles. The van der Waals surface area contributed by atoms with Gasteiger partial charge in [-0.2, -0.15) is 0 Å². The molecule has 0 N–H and O–H groups in total. The molecule has 2 saturated heterocycles. The standard InChI is InChI=1S/C12H20FN3O3/c1-8-6-19-7-10(8)5-15-9(2)4-14(3)12(15)11(13)16(17)18/h8-10H,4-7H2,1-3H3. The minimum atomic E-state index is -1.27. The van der Waals surface area contributed by atoms with Crippen molar-refractivity contribution in [1.29, 1.82) is 0 Å². The minimum Gasteiger partial charge on any atom is -0.381 e. The van der Waals surface area contributed by atoms with Gasteiger partial charge in [0.15, 0.2) is 0 Å². The van der Waals surface area contributed by atoms with Crippen LogP contribution in [0, 0.1) is 22.0 Å². The Morgan fingerprint density at radius 3 is 2.74 bits per heavy atom. The lowest BCUT2D eigenvalue weighted by Gasteiger charge is -2.27. The lowest BCUT2D eigenvalue weighted by atomic mass is 9.97. The van der Waals surface area contributed by atoms with Crippen LogP contribution in [0.3, 0.4) is 0 Å². The quantitative estimate of drug-likeness (QED) is 0.440. The summed E-state index contributed by atoms with van der Waals surface area (Å²) in [7, 11) is 1.68. The summed E-state index contributed by atoms with van der Waals surface area (Å²) in [5.74, 6) is -0.475. The number of ether oxygens (including phenoxy) is 1. The second kappa shape index (κ2) is 5.32. The summed E-state index contributed by atoms with van der Waals surface area (Å²) in [5.41, 5.74) is 0. The Hall–Kier alpha value is -1.37. The van der Waals surface area contributed by atoms with Crippen molar-refractivity contribution in [1.82, 2.24) is 9.80 Å². The molecule has 0 spiro atoms. The van der Waals surface area contributed by atoms with Gasteiger partial charge in [0, 0.05) is 38.7 Å². The molecule has 3 unspecified atom stereocenters. The zero-order valence-corrected chi connectivity index (χ0v) is 11.5. The van der Waals surface area contributed by atoms with Crippen molar-refractivity contribution in [3.8, 4) is 0 Å². The number of nitrogens with zero attached hydrogens (tertiary/aromatic N) is 3. The van der Waals surface area contributed by atoms with Crippen LogP contribution in [-0.4, -0.2) is 54.1 Å². The molecule has 0 bridgehead atoms. The highest BCUT2D eigenvalue weighted by Gasteiger charge is 2.39. The molecule has 3 atom stereocenters. The lowest BCUT2D eigenvalue weighted by Crippen LogP contribution is -2.35. The number of nitro groups is 1. The third-order valence-electron chi connectivity index (χ3n) is 4.00. The van der Waals surface area contributed by atoms with Crippen LogP contribution in [0.2, 0.25) is 0 Å². The van der Waals surface area contributed by atoms with Gasteiger partial charge < -0.3 is 14.5 Å². The van der Waals surface area contributed by atoms with Gasteiger partial charge in [-0.3, -0.25) is 10.1 Å². The van der Waals surface area contributed by atoms with E-state index in [0.717, 1.165) is 0 Å². The van der Waals surface area contributed by atoms with E-state index in [1.807, 2.05) is 6.92 Å². The molecule has 0 aliphatic carbocycles. The topological polar surface area (TPSA) is 58.9 Å². The summed E-state index contributed by atoms with van der Waals surface area (Å²) in [6.45, 7) is 6.59. The van der Waals surface area contributed by atoms with Gasteiger partial charge in [0.25, 0.3) is 0 Å². The first-order chi connectivity index (χ1) is 8.91. The summed E-state index contributed by atoms with van der Waals surface area (Å²) in [6, 6.07) is 0.0681. The fourth-order valence-electron chi connectivity index (χ4n) is 2.82. The average Bonchev–Trinajstić information content (AvgIpc) is 2.84. The highest BCUT2D eigenvalue weighted by atomic mass is 19.1. The Balaban J connectivity index is 2.20. The van der Waals surface area contributed by atoms with Crippen molar-refractivity contribution in [2.75, 3.05) is 33.4 Å². The van der Waals surface area contributed by atoms with E-state index in [2.05, 4.69) is 6.92 Å². The number of hydrogen-bond donors (Lipinski definition) is 0. The van der Waals surface area contributed by atoms with Crippen molar-refractivity contribution in [3.63, 3.8) is 0 Å². The van der Waals surface area contributed by atoms with Crippen molar-refractivity contribution in [2.45, 2.75) is 19.9 Å². The SMILES string of the molecule is CC1COCC1CN1C(=C(F)[N+](=O)[O-])N(C)CC1C. The van der Waals surface area contributed by atoms with Crippen LogP contribution in [-0.2, 0) is 4.74 Å². The average molecular weight is 273 g/mol. The maximum atomic E-state index is 13.7. The van der Waals surface area contributed by atoms with E-state index in [9.17, 15) is 14.5 Å². The van der Waals surface area contributed by atoms with E-state index in [-0.39, 0.29) is 11.9 Å². The summed E-state index contributed by atoms with van der Waals surface area (Å²) in [4.78, 5) is 13.1. The highest BCUT2D eigenvalue weighted by Crippen LogP contribution is 2.30. The lowest BCUT2D eigenvalue weighted by molar-refractivity contribution is -0.450. The normalized spacial score (nSPS) is 34.0. The van der Waals surface area contributed by atoms with E-state index >= 15 is 0 Å². The Labute approximate surface area is 112 Å². The second-order valence-corrected chi connectivity index (χ2v) is 5.53. The maximum absolute atomic E-state index is 13.7. The molecule has 0 amide bonds. The van der Waals surface area contributed by atoms with Gasteiger partial charge in [-0.1, -0.05) is 6.92 Å². The van der Waals surface area contributed by atoms with Crippen molar-refractivity contribution in [3.05, 3.63) is 21.9 Å². The van der Waals surface area contributed by atoms with Crippen LogP contribution in [0.4, 0.5) is 4.39 Å². The van der Waals surface area contributed by atoms with Crippen molar-refractivity contribution < 1.29 is 14.1 Å². The molecule has 2 rings (SSSR count). The van der Waals surface area contributed by atoms with Gasteiger partial charge in [-0.25, -0.2) is 0 Å². The molecule has 7 heteroatoms. The molecule has 2 aliphatic rings. The zero-order valence-electron chi connectivity index (χ0n) is 11.5. The molecule has 0 radical (unpaired) electrons. The van der Waals surface area contributed by atoms with Crippen LogP contribution in [0.25, 0.3) is 0 Å². The van der Waals surface area contributed by atoms with E-state index < -0.39 is 10.9 Å². The Morgan fingerprint density at radius 2 is 2.21 bits per heavy atom. The highest BCUT2D eigenvalue weighted by molar-refractivity contribution is 5.09. The number of likely N-dealkylation sites (N-methyl/N-ethyl adjacent to an activating group) is 1. The predicted octanol–water partition coefficient (Wildman–Crippen LogP) is 1.28. The van der Waals surface area contributed by atoms with Crippen molar-refractivity contribution >= 4 is 0 Å². The largest absolute Gasteiger partial charge is 0.460 e. The van der Waals surface area contributed by atoms with E-state index in [1.54, 1.807) is 16.8 Å². The fourth-order valence-corrected chi connectivity index (χ4v) is 2.82. The monoisotopic (exact) mass is 273 g/mol. The zero-order chi connectivity index (χ0) is 14.2. The first-order valence-corrected chi connectivity index (χ1v) is 6.51. The fraction of sp³-hybridized carbons (Fsp3) is 0.833. The van der Waals surface area contributed by atoms with Crippen LogP contribution >= 0.6 is 0 Å². The molecule has 19 heavy (non-hydrogen) atoms. The van der Waals surface area contributed by atoms with E-state index in [4.69, 9.17) is 4.74 Å². The predicted molar refractivity (Wildman–Crippen MR) is 67.4 cm³/mol. The maximum Gasteiger partial charge on any atom is 0.460 e. The molecule has 0 aromatic carbocycles. The van der Waals surface area contributed by atoms with Gasteiger partial charge in [0.2, 0.25) is 5.82 Å².